The van der Waals surface area contributed by atoms with E-state index >= 15 is 0 Å². The van der Waals surface area contributed by atoms with Gasteiger partial charge in [0.15, 0.2) is 0 Å². The molecule has 2 amide bonds. The first-order valence-corrected chi connectivity index (χ1v) is 13.2. The van der Waals surface area contributed by atoms with Crippen LogP contribution in [0.3, 0.4) is 0 Å². The van der Waals surface area contributed by atoms with Crippen LogP contribution in [0.1, 0.15) is 40.7 Å². The number of hydrogen-bond donors (Lipinski definition) is 1. The standard InChI is InChI=1S/C30H34ClN3O2/c1-22-6-5-7-23(18-22)21-36-29(25-10-12-26(31)13-11-25)20-33-14-16-34(17-15-33)30(35)32-28-19-27(28)24-8-3-2-4-9-24/h2-13,18,27-29H,14-17,19-21H2,1H3,(H,32,35)/t27-,28+,29-/m0/s1. The van der Waals surface area contributed by atoms with Gasteiger partial charge in [-0.05, 0) is 42.2 Å². The van der Waals surface area contributed by atoms with Gasteiger partial charge in [0.2, 0.25) is 0 Å². The second-order valence-electron chi connectivity index (χ2n) is 9.94. The lowest BCUT2D eigenvalue weighted by Gasteiger charge is -2.36. The third-order valence-corrected chi connectivity index (χ3v) is 7.44. The molecule has 3 atom stereocenters. The van der Waals surface area contributed by atoms with Gasteiger partial charge >= 0.3 is 6.03 Å². The van der Waals surface area contributed by atoms with Gasteiger partial charge in [0.05, 0.1) is 12.7 Å². The number of aryl methyl sites for hydroxylation is 1. The number of carbonyl (C=O) groups is 1. The molecule has 1 saturated carbocycles. The SMILES string of the molecule is Cc1cccc(CO[C@@H](CN2CCN(C(=O)N[C@@H]3C[C@H]3c3ccccc3)CC2)c2ccc(Cl)cc2)c1. The number of ether oxygens (including phenoxy) is 1. The molecule has 1 saturated heterocycles. The molecule has 188 valence electrons. The maximum Gasteiger partial charge on any atom is 0.317 e. The van der Waals surface area contributed by atoms with Crippen LogP contribution in [-0.2, 0) is 11.3 Å². The second-order valence-corrected chi connectivity index (χ2v) is 10.4. The Kier molecular flexibility index (Phi) is 7.90. The largest absolute Gasteiger partial charge is 0.368 e. The van der Waals surface area contributed by atoms with E-state index in [0.29, 0.717) is 12.5 Å². The highest BCUT2D eigenvalue weighted by Crippen LogP contribution is 2.40. The van der Waals surface area contributed by atoms with Crippen LogP contribution in [0.25, 0.3) is 0 Å². The van der Waals surface area contributed by atoms with Crippen molar-refractivity contribution in [3.05, 3.63) is 106 Å². The average Bonchev–Trinajstić information content (AvgIpc) is 3.67. The smallest absolute Gasteiger partial charge is 0.317 e. The lowest BCUT2D eigenvalue weighted by Crippen LogP contribution is -2.52. The van der Waals surface area contributed by atoms with E-state index in [1.165, 1.54) is 16.7 Å². The maximum atomic E-state index is 12.9. The molecule has 2 aliphatic rings. The highest BCUT2D eigenvalue weighted by atomic mass is 35.5. The third-order valence-electron chi connectivity index (χ3n) is 7.19. The Morgan fingerprint density at radius 2 is 1.75 bits per heavy atom. The van der Waals surface area contributed by atoms with Gasteiger partial charge in [-0.15, -0.1) is 0 Å². The molecule has 0 bridgehead atoms. The van der Waals surface area contributed by atoms with Gasteiger partial charge in [-0.1, -0.05) is 83.9 Å². The minimum atomic E-state index is -0.0683. The molecule has 1 heterocycles. The summed E-state index contributed by atoms with van der Waals surface area (Å²) in [6.45, 7) is 6.54. The zero-order valence-corrected chi connectivity index (χ0v) is 21.5. The van der Waals surface area contributed by atoms with Crippen LogP contribution < -0.4 is 5.32 Å². The van der Waals surface area contributed by atoms with Crippen LogP contribution in [0.4, 0.5) is 4.79 Å². The van der Waals surface area contributed by atoms with Gasteiger partial charge in [0, 0.05) is 49.7 Å². The van der Waals surface area contributed by atoms with Gasteiger partial charge in [0.25, 0.3) is 0 Å². The number of nitrogens with one attached hydrogen (secondary N) is 1. The predicted octanol–water partition coefficient (Wildman–Crippen LogP) is 5.79. The van der Waals surface area contributed by atoms with Gasteiger partial charge in [-0.25, -0.2) is 4.79 Å². The third kappa shape index (κ3) is 6.47. The van der Waals surface area contributed by atoms with Crippen LogP contribution >= 0.6 is 11.6 Å². The van der Waals surface area contributed by atoms with Crippen LogP contribution in [0.5, 0.6) is 0 Å². The molecule has 0 spiro atoms. The fourth-order valence-electron chi connectivity index (χ4n) is 4.97. The molecule has 3 aromatic carbocycles. The van der Waals surface area contributed by atoms with Crippen molar-refractivity contribution in [3.8, 4) is 0 Å². The summed E-state index contributed by atoms with van der Waals surface area (Å²) in [5.74, 6) is 0.446. The monoisotopic (exact) mass is 503 g/mol. The van der Waals surface area contributed by atoms with E-state index in [9.17, 15) is 4.79 Å². The number of halogens is 1. The molecule has 1 aliphatic carbocycles. The number of urea groups is 1. The highest BCUT2D eigenvalue weighted by Gasteiger charge is 2.40. The lowest BCUT2D eigenvalue weighted by atomic mass is 10.1. The summed E-state index contributed by atoms with van der Waals surface area (Å²) in [7, 11) is 0. The summed E-state index contributed by atoms with van der Waals surface area (Å²) in [4.78, 5) is 17.2. The first-order chi connectivity index (χ1) is 17.5. The van der Waals surface area contributed by atoms with Crippen molar-refractivity contribution in [1.29, 1.82) is 0 Å². The Labute approximate surface area is 219 Å². The fourth-order valence-corrected chi connectivity index (χ4v) is 5.10. The molecule has 5 nitrogen and oxygen atoms in total. The molecule has 0 unspecified atom stereocenters. The Hall–Kier alpha value is -2.86. The minimum Gasteiger partial charge on any atom is -0.368 e. The van der Waals surface area contributed by atoms with Crippen molar-refractivity contribution in [2.45, 2.75) is 38.0 Å². The first-order valence-electron chi connectivity index (χ1n) is 12.8. The summed E-state index contributed by atoms with van der Waals surface area (Å²) in [6, 6.07) is 27.1. The Morgan fingerprint density at radius 3 is 2.47 bits per heavy atom. The number of hydrogen-bond acceptors (Lipinski definition) is 3. The van der Waals surface area contributed by atoms with Gasteiger partial charge in [-0.3, -0.25) is 4.90 Å². The highest BCUT2D eigenvalue weighted by molar-refractivity contribution is 6.30. The summed E-state index contributed by atoms with van der Waals surface area (Å²) in [5, 5.41) is 3.96. The number of amides is 2. The van der Waals surface area contributed by atoms with E-state index in [1.54, 1.807) is 0 Å². The normalized spacial score (nSPS) is 20.7. The van der Waals surface area contributed by atoms with E-state index in [1.807, 2.05) is 35.2 Å². The van der Waals surface area contributed by atoms with E-state index in [4.69, 9.17) is 16.3 Å². The molecule has 3 aromatic rings. The molecular formula is C30H34ClN3O2. The summed E-state index contributed by atoms with van der Waals surface area (Å²) in [6.07, 6.45) is 0.956. The van der Waals surface area contributed by atoms with Gasteiger partial charge < -0.3 is 15.0 Å². The molecular weight excluding hydrogens is 470 g/mol. The summed E-state index contributed by atoms with van der Waals surface area (Å²) in [5.41, 5.74) is 4.83. The number of nitrogens with zero attached hydrogens (tertiary/aromatic N) is 2. The minimum absolute atomic E-state index is 0.0584. The average molecular weight is 504 g/mol. The molecule has 1 N–H and O–H groups in total. The van der Waals surface area contributed by atoms with Crippen molar-refractivity contribution in [2.24, 2.45) is 0 Å². The molecule has 0 aromatic heterocycles. The Bertz CT molecular complexity index is 1150. The van der Waals surface area contributed by atoms with Crippen LogP contribution in [-0.4, -0.2) is 54.6 Å². The number of carbonyl (C=O) groups excluding carboxylic acids is 1. The molecule has 5 rings (SSSR count). The number of benzene rings is 3. The molecule has 36 heavy (non-hydrogen) atoms. The van der Waals surface area contributed by atoms with Crippen LogP contribution in [0.15, 0.2) is 78.9 Å². The second kappa shape index (κ2) is 11.5. The van der Waals surface area contributed by atoms with Crippen molar-refractivity contribution >= 4 is 17.6 Å². The van der Waals surface area contributed by atoms with Crippen LogP contribution in [0, 0.1) is 6.92 Å². The number of piperazine rings is 1. The van der Waals surface area contributed by atoms with E-state index in [-0.39, 0.29) is 18.2 Å². The van der Waals surface area contributed by atoms with Crippen molar-refractivity contribution < 1.29 is 9.53 Å². The topological polar surface area (TPSA) is 44.8 Å². The van der Waals surface area contributed by atoms with E-state index in [2.05, 4.69) is 65.7 Å². The molecule has 2 fully saturated rings. The lowest BCUT2D eigenvalue weighted by molar-refractivity contribution is 0.00554. The molecule has 0 radical (unpaired) electrons. The van der Waals surface area contributed by atoms with Gasteiger partial charge in [-0.2, -0.15) is 0 Å². The quantitative estimate of drug-likeness (QED) is 0.423. The summed E-state index contributed by atoms with van der Waals surface area (Å²) >= 11 is 6.13. The van der Waals surface area contributed by atoms with Crippen molar-refractivity contribution in [2.75, 3.05) is 32.7 Å². The van der Waals surface area contributed by atoms with Crippen LogP contribution in [0.2, 0.25) is 5.02 Å². The maximum absolute atomic E-state index is 12.9. The van der Waals surface area contributed by atoms with E-state index in [0.717, 1.165) is 49.7 Å². The number of rotatable bonds is 8. The van der Waals surface area contributed by atoms with Gasteiger partial charge in [0.1, 0.15) is 0 Å². The fraction of sp³-hybridized carbons (Fsp3) is 0.367. The Balaban J connectivity index is 1.13. The summed E-state index contributed by atoms with van der Waals surface area (Å²) < 4.78 is 6.42. The van der Waals surface area contributed by atoms with Crippen molar-refractivity contribution in [1.82, 2.24) is 15.1 Å². The van der Waals surface area contributed by atoms with Crippen molar-refractivity contribution in [3.63, 3.8) is 0 Å². The Morgan fingerprint density at radius 1 is 1.00 bits per heavy atom. The van der Waals surface area contributed by atoms with E-state index < -0.39 is 0 Å². The zero-order chi connectivity index (χ0) is 24.9. The predicted molar refractivity (Wildman–Crippen MR) is 144 cm³/mol. The first kappa shape index (κ1) is 24.8. The molecule has 1 aliphatic heterocycles. The molecule has 6 heteroatoms. The zero-order valence-electron chi connectivity index (χ0n) is 20.8.